The number of nitrogens with one attached hydrogen (secondary N) is 2. The van der Waals surface area contributed by atoms with Crippen LogP contribution < -0.4 is 20.3 Å². The molecule has 0 saturated heterocycles. The summed E-state index contributed by atoms with van der Waals surface area (Å²) in [4.78, 5) is 41.0. The fourth-order valence-corrected chi connectivity index (χ4v) is 5.81. The largest absolute Gasteiger partial charge is 0.494 e. The predicted molar refractivity (Wildman–Crippen MR) is 143 cm³/mol. The quantitative estimate of drug-likeness (QED) is 0.399. The Morgan fingerprint density at radius 1 is 1.18 bits per heavy atom. The molecular weight excluding hydrogens is 486 g/mol. The molecule has 1 atom stereocenters. The lowest BCUT2D eigenvalue weighted by molar-refractivity contribution is 0.0688. The Hall–Kier alpha value is -4.15. The van der Waals surface area contributed by atoms with E-state index in [1.54, 1.807) is 25.5 Å². The number of hydrogen-bond acceptors (Lipinski definition) is 8. The summed E-state index contributed by atoms with van der Waals surface area (Å²) >= 11 is 0. The van der Waals surface area contributed by atoms with Gasteiger partial charge in [-0.05, 0) is 37.8 Å². The monoisotopic (exact) mass is 519 g/mol. The zero-order valence-corrected chi connectivity index (χ0v) is 22.1. The molecule has 3 N–H and O–H groups in total. The normalized spacial score (nSPS) is 16.6. The van der Waals surface area contributed by atoms with Crippen LogP contribution in [0.25, 0.3) is 5.69 Å². The number of para-hydroxylation sites is 1. The minimum Gasteiger partial charge on any atom is -0.494 e. The van der Waals surface area contributed by atoms with Crippen LogP contribution in [-0.4, -0.2) is 56.7 Å². The molecule has 3 heterocycles. The second-order valence-corrected chi connectivity index (χ2v) is 9.53. The van der Waals surface area contributed by atoms with Gasteiger partial charge in [0.15, 0.2) is 17.3 Å². The highest BCUT2D eigenvalue weighted by Crippen LogP contribution is 2.46. The van der Waals surface area contributed by atoms with Crippen molar-refractivity contribution >= 4 is 29.3 Å². The fraction of sp³-hybridized carbons (Fsp3) is 0.444. The Balaban J connectivity index is 1.69. The number of carboxylic acids is 1. The van der Waals surface area contributed by atoms with Crippen LogP contribution in [0, 0.1) is 0 Å². The van der Waals surface area contributed by atoms with Gasteiger partial charge in [-0.25, -0.2) is 14.8 Å². The molecule has 11 heteroatoms. The van der Waals surface area contributed by atoms with Gasteiger partial charge in [0.2, 0.25) is 5.95 Å². The third-order valence-electron chi connectivity index (χ3n) is 7.46. The fourth-order valence-electron chi connectivity index (χ4n) is 5.81. The molecule has 2 aromatic heterocycles. The number of rotatable bonds is 8. The van der Waals surface area contributed by atoms with Gasteiger partial charge in [0, 0.05) is 13.1 Å². The zero-order chi connectivity index (χ0) is 27.0. The number of methoxy groups -OCH3 is 1. The molecular formula is C27H33N7O4. The maximum atomic E-state index is 12.4. The van der Waals surface area contributed by atoms with Crippen molar-refractivity contribution in [2.24, 2.45) is 0 Å². The smallest absolute Gasteiger partial charge is 0.356 e. The van der Waals surface area contributed by atoms with Gasteiger partial charge < -0.3 is 25.4 Å². The summed E-state index contributed by atoms with van der Waals surface area (Å²) in [6.07, 6.45) is 7.17. The first-order valence-electron chi connectivity index (χ1n) is 13.1. The number of carbonyl (C=O) groups excluding carboxylic acids is 1. The number of aromatic nitrogens is 4. The van der Waals surface area contributed by atoms with Crippen molar-refractivity contribution in [3.05, 3.63) is 47.2 Å². The summed E-state index contributed by atoms with van der Waals surface area (Å²) in [5.41, 5.74) is 3.27. The number of imidazole rings is 1. The number of amides is 1. The van der Waals surface area contributed by atoms with Gasteiger partial charge in [0.05, 0.1) is 35.8 Å². The van der Waals surface area contributed by atoms with Crippen molar-refractivity contribution in [1.82, 2.24) is 24.8 Å². The van der Waals surface area contributed by atoms with E-state index >= 15 is 0 Å². The average molecular weight is 520 g/mol. The Kier molecular flexibility index (Phi) is 6.92. The van der Waals surface area contributed by atoms with Crippen molar-refractivity contribution in [1.29, 1.82) is 0 Å². The third kappa shape index (κ3) is 4.11. The predicted octanol–water partition coefficient (Wildman–Crippen LogP) is 4.25. The van der Waals surface area contributed by atoms with Gasteiger partial charge in [-0.2, -0.15) is 4.98 Å². The molecule has 38 heavy (non-hydrogen) atoms. The molecule has 0 bridgehead atoms. The number of hydrogen-bond donors (Lipinski definition) is 3. The molecule has 5 rings (SSSR count). The highest BCUT2D eigenvalue weighted by atomic mass is 16.5. The lowest BCUT2D eigenvalue weighted by Gasteiger charge is -2.42. The van der Waals surface area contributed by atoms with E-state index < -0.39 is 5.97 Å². The van der Waals surface area contributed by atoms with Gasteiger partial charge in [-0.15, -0.1) is 0 Å². The minimum atomic E-state index is -1.03. The van der Waals surface area contributed by atoms with Crippen LogP contribution in [0.4, 0.5) is 17.5 Å². The summed E-state index contributed by atoms with van der Waals surface area (Å²) in [5, 5.41) is 15.9. The summed E-state index contributed by atoms with van der Waals surface area (Å²) in [7, 11) is 3.09. The number of ether oxygens (including phenoxy) is 1. The molecule has 1 aliphatic heterocycles. The number of aromatic carboxylic acids is 1. The maximum Gasteiger partial charge on any atom is 0.356 e. The highest BCUT2D eigenvalue weighted by Gasteiger charge is 2.41. The van der Waals surface area contributed by atoms with Crippen molar-refractivity contribution < 1.29 is 19.4 Å². The molecule has 0 spiro atoms. The summed E-state index contributed by atoms with van der Waals surface area (Å²) < 4.78 is 7.46. The first kappa shape index (κ1) is 25.5. The van der Waals surface area contributed by atoms with E-state index in [1.807, 2.05) is 17.6 Å². The molecule has 200 valence electrons. The van der Waals surface area contributed by atoms with Gasteiger partial charge in [-0.3, -0.25) is 9.36 Å². The highest BCUT2D eigenvalue weighted by molar-refractivity contribution is 5.99. The second-order valence-electron chi connectivity index (χ2n) is 9.53. The van der Waals surface area contributed by atoms with Crippen molar-refractivity contribution in [2.45, 2.75) is 64.5 Å². The van der Waals surface area contributed by atoms with Crippen molar-refractivity contribution in [2.75, 3.05) is 24.4 Å². The van der Waals surface area contributed by atoms with E-state index in [1.165, 1.54) is 7.11 Å². The van der Waals surface area contributed by atoms with Crippen LogP contribution in [0.5, 0.6) is 5.75 Å². The molecule has 0 unspecified atom stereocenters. The summed E-state index contributed by atoms with van der Waals surface area (Å²) in [6, 6.07) is 5.34. The zero-order valence-electron chi connectivity index (χ0n) is 22.1. The lowest BCUT2D eigenvalue weighted by Crippen LogP contribution is -2.42. The number of anilines is 3. The van der Waals surface area contributed by atoms with Crippen molar-refractivity contribution in [3.8, 4) is 11.4 Å². The van der Waals surface area contributed by atoms with E-state index in [9.17, 15) is 14.7 Å². The van der Waals surface area contributed by atoms with Crippen molar-refractivity contribution in [3.63, 3.8) is 0 Å². The molecule has 1 fully saturated rings. The molecule has 1 amide bonds. The molecule has 11 nitrogen and oxygen atoms in total. The number of fused-ring (bicyclic) bond motifs is 3. The van der Waals surface area contributed by atoms with Crippen LogP contribution in [-0.2, 0) is 6.42 Å². The Labute approximate surface area is 221 Å². The van der Waals surface area contributed by atoms with Gasteiger partial charge in [0.25, 0.3) is 5.91 Å². The molecule has 2 aliphatic rings. The Morgan fingerprint density at radius 2 is 1.95 bits per heavy atom. The number of aryl methyl sites for hydroxylation is 1. The number of benzene rings is 1. The van der Waals surface area contributed by atoms with Crippen LogP contribution >= 0.6 is 0 Å². The van der Waals surface area contributed by atoms with Crippen LogP contribution in [0.15, 0.2) is 24.5 Å². The third-order valence-corrected chi connectivity index (χ3v) is 7.46. The summed E-state index contributed by atoms with van der Waals surface area (Å²) in [6.45, 7) is 4.08. The van der Waals surface area contributed by atoms with Crippen LogP contribution in [0.1, 0.15) is 84.2 Å². The maximum absolute atomic E-state index is 12.4. The standard InChI is InChI=1S/C27H33N7O4/c1-5-17-21-24(32-27(30-17)31-18-13-9-12-16(23(18)38-4)25(35)28-3)34(15-10-7-8-11-15)19(6-2)22-20(26(36)37)29-14-33(21)22/h9,12-15,19H,5-8,10-11H2,1-4H3,(H,28,35)(H,36,37)(H,30,31,32)/t19-/m1/s1. The van der Waals surface area contributed by atoms with Crippen LogP contribution in [0.3, 0.4) is 0 Å². The molecule has 3 aromatic rings. The molecule has 1 saturated carbocycles. The molecule has 1 aliphatic carbocycles. The van der Waals surface area contributed by atoms with E-state index in [-0.39, 0.29) is 23.7 Å². The van der Waals surface area contributed by atoms with Gasteiger partial charge in [-0.1, -0.05) is 32.8 Å². The first-order chi connectivity index (χ1) is 18.4. The molecule has 0 radical (unpaired) electrons. The lowest BCUT2D eigenvalue weighted by atomic mass is 9.99. The van der Waals surface area contributed by atoms with E-state index in [2.05, 4.69) is 27.4 Å². The topological polar surface area (TPSA) is 134 Å². The van der Waals surface area contributed by atoms with Crippen LogP contribution in [0.2, 0.25) is 0 Å². The van der Waals surface area contributed by atoms with Gasteiger partial charge in [0.1, 0.15) is 12.0 Å². The van der Waals surface area contributed by atoms with Gasteiger partial charge >= 0.3 is 5.97 Å². The minimum absolute atomic E-state index is 0.0745. The average Bonchev–Trinajstić information content (AvgIpc) is 3.61. The molecule has 1 aromatic carbocycles. The number of carbonyl (C=O) groups is 2. The second kappa shape index (κ2) is 10.3. The van der Waals surface area contributed by atoms with E-state index in [4.69, 9.17) is 14.7 Å². The summed E-state index contributed by atoms with van der Waals surface area (Å²) in [5.74, 6) is 0.251. The Morgan fingerprint density at radius 3 is 2.58 bits per heavy atom. The van der Waals surface area contributed by atoms with E-state index in [0.29, 0.717) is 41.5 Å². The Bertz CT molecular complexity index is 1380. The first-order valence-corrected chi connectivity index (χ1v) is 13.1. The SMILES string of the molecule is CCc1nc(Nc2cccc(C(=O)NC)c2OC)nc2c1-n1cnc(C(=O)O)c1[C@@H](CC)N2C1CCCC1. The number of nitrogens with zero attached hydrogens (tertiary/aromatic N) is 5. The van der Waals surface area contributed by atoms with E-state index in [0.717, 1.165) is 42.9 Å². The number of carboxylic acid groups (broad SMARTS) is 1.